The lowest BCUT2D eigenvalue weighted by Gasteiger charge is -2.37. The summed E-state index contributed by atoms with van der Waals surface area (Å²) in [4.78, 5) is 2.56. The highest BCUT2D eigenvalue weighted by atomic mass is 35.5. The summed E-state index contributed by atoms with van der Waals surface area (Å²) in [5.74, 6) is 0.463. The fourth-order valence-corrected chi connectivity index (χ4v) is 3.03. The first kappa shape index (κ1) is 13.9. The van der Waals surface area contributed by atoms with Gasteiger partial charge in [0, 0.05) is 17.6 Å². The molecule has 1 fully saturated rings. The van der Waals surface area contributed by atoms with Crippen LogP contribution >= 0.6 is 11.6 Å². The van der Waals surface area contributed by atoms with E-state index in [1.54, 1.807) is 0 Å². The van der Waals surface area contributed by atoms with Crippen LogP contribution < -0.4 is 5.73 Å². The quantitative estimate of drug-likeness (QED) is 0.906. The number of rotatable bonds is 4. The number of benzene rings is 1. The predicted molar refractivity (Wildman–Crippen MR) is 78.1 cm³/mol. The highest BCUT2D eigenvalue weighted by molar-refractivity contribution is 6.30. The third-order valence-electron chi connectivity index (χ3n) is 4.07. The molecule has 100 valence electrons. The van der Waals surface area contributed by atoms with E-state index >= 15 is 0 Å². The largest absolute Gasteiger partial charge is 0.329 e. The number of hydrogen-bond donors (Lipinski definition) is 1. The SMILES string of the molecule is CC(c1ccc(Cl)cc1)C(CN)N1CCCCC1. The predicted octanol–water partition coefficient (Wildman–Crippen LogP) is 3.26. The minimum absolute atomic E-state index is 0.450. The van der Waals surface area contributed by atoms with Crippen molar-refractivity contribution in [2.45, 2.75) is 38.1 Å². The van der Waals surface area contributed by atoms with E-state index in [4.69, 9.17) is 17.3 Å². The minimum atomic E-state index is 0.450. The van der Waals surface area contributed by atoms with Gasteiger partial charge in [0.15, 0.2) is 0 Å². The summed E-state index contributed by atoms with van der Waals surface area (Å²) in [5.41, 5.74) is 7.34. The highest BCUT2D eigenvalue weighted by Crippen LogP contribution is 2.26. The first-order chi connectivity index (χ1) is 8.72. The molecular weight excluding hydrogens is 244 g/mol. The molecule has 0 saturated carbocycles. The van der Waals surface area contributed by atoms with Crippen molar-refractivity contribution in [3.8, 4) is 0 Å². The van der Waals surface area contributed by atoms with Crippen LogP contribution in [0.15, 0.2) is 24.3 Å². The van der Waals surface area contributed by atoms with E-state index in [9.17, 15) is 0 Å². The van der Waals surface area contributed by atoms with Crippen LogP contribution in [0.1, 0.15) is 37.7 Å². The molecule has 1 aromatic carbocycles. The zero-order chi connectivity index (χ0) is 13.0. The van der Waals surface area contributed by atoms with Crippen molar-refractivity contribution in [1.82, 2.24) is 4.90 Å². The van der Waals surface area contributed by atoms with E-state index < -0.39 is 0 Å². The number of likely N-dealkylation sites (tertiary alicyclic amines) is 1. The molecule has 3 heteroatoms. The van der Waals surface area contributed by atoms with Gasteiger partial charge >= 0.3 is 0 Å². The lowest BCUT2D eigenvalue weighted by molar-refractivity contribution is 0.149. The average Bonchev–Trinajstić information content (AvgIpc) is 2.41. The summed E-state index contributed by atoms with van der Waals surface area (Å²) in [6.07, 6.45) is 3.98. The van der Waals surface area contributed by atoms with Crippen LogP contribution in [0.3, 0.4) is 0 Å². The molecule has 2 nitrogen and oxygen atoms in total. The maximum atomic E-state index is 6.00. The van der Waals surface area contributed by atoms with E-state index in [1.165, 1.54) is 37.9 Å². The number of nitrogens with zero attached hydrogens (tertiary/aromatic N) is 1. The second kappa shape index (κ2) is 6.55. The van der Waals surface area contributed by atoms with Crippen molar-refractivity contribution in [2.75, 3.05) is 19.6 Å². The van der Waals surface area contributed by atoms with Gasteiger partial charge in [0.05, 0.1) is 0 Å². The summed E-state index contributed by atoms with van der Waals surface area (Å²) in [6, 6.07) is 8.64. The number of halogens is 1. The lowest BCUT2D eigenvalue weighted by atomic mass is 9.91. The summed E-state index contributed by atoms with van der Waals surface area (Å²) < 4.78 is 0. The Labute approximate surface area is 115 Å². The Morgan fingerprint density at radius 1 is 1.17 bits per heavy atom. The van der Waals surface area contributed by atoms with Crippen LogP contribution in [0, 0.1) is 0 Å². The number of piperidine rings is 1. The summed E-state index contributed by atoms with van der Waals surface area (Å²) >= 11 is 5.94. The Hall–Kier alpha value is -0.570. The molecule has 0 aliphatic carbocycles. The fourth-order valence-electron chi connectivity index (χ4n) is 2.91. The molecule has 2 rings (SSSR count). The van der Waals surface area contributed by atoms with Crippen molar-refractivity contribution < 1.29 is 0 Å². The summed E-state index contributed by atoms with van der Waals surface area (Å²) in [7, 11) is 0. The number of nitrogens with two attached hydrogens (primary N) is 1. The second-order valence-corrected chi connectivity index (χ2v) is 5.68. The third-order valence-corrected chi connectivity index (χ3v) is 4.33. The zero-order valence-corrected chi connectivity index (χ0v) is 11.9. The molecule has 0 radical (unpaired) electrons. The van der Waals surface area contributed by atoms with Crippen molar-refractivity contribution in [2.24, 2.45) is 5.73 Å². The van der Waals surface area contributed by atoms with Gasteiger partial charge in [0.25, 0.3) is 0 Å². The summed E-state index contributed by atoms with van der Waals surface area (Å²) in [6.45, 7) is 5.39. The van der Waals surface area contributed by atoms with Gasteiger partial charge < -0.3 is 5.73 Å². The van der Waals surface area contributed by atoms with Gasteiger partial charge in [-0.25, -0.2) is 0 Å². The average molecular weight is 267 g/mol. The molecule has 2 unspecified atom stereocenters. The van der Waals surface area contributed by atoms with Crippen molar-refractivity contribution in [3.63, 3.8) is 0 Å². The normalized spacial score (nSPS) is 20.6. The van der Waals surface area contributed by atoms with Crippen LogP contribution in [0.2, 0.25) is 5.02 Å². The first-order valence-electron chi connectivity index (χ1n) is 6.92. The van der Waals surface area contributed by atoms with Crippen LogP contribution in [0.4, 0.5) is 0 Å². The van der Waals surface area contributed by atoms with Crippen LogP contribution in [-0.2, 0) is 0 Å². The Balaban J connectivity index is 2.08. The van der Waals surface area contributed by atoms with Gasteiger partial charge in [-0.3, -0.25) is 4.90 Å². The molecule has 1 heterocycles. The van der Waals surface area contributed by atoms with Gasteiger partial charge in [-0.15, -0.1) is 0 Å². The van der Waals surface area contributed by atoms with Gasteiger partial charge in [0.2, 0.25) is 0 Å². The Kier molecular flexibility index (Phi) is 5.04. The molecule has 1 saturated heterocycles. The standard InChI is InChI=1S/C15H23ClN2/c1-12(13-5-7-14(16)8-6-13)15(11-17)18-9-3-2-4-10-18/h5-8,12,15H,2-4,9-11,17H2,1H3. The molecule has 0 amide bonds. The molecule has 1 aromatic rings. The van der Waals surface area contributed by atoms with Gasteiger partial charge in [-0.1, -0.05) is 37.1 Å². The van der Waals surface area contributed by atoms with E-state index in [0.29, 0.717) is 12.0 Å². The van der Waals surface area contributed by atoms with Crippen LogP contribution in [0.5, 0.6) is 0 Å². The Morgan fingerprint density at radius 2 is 1.78 bits per heavy atom. The molecule has 0 spiro atoms. The first-order valence-corrected chi connectivity index (χ1v) is 7.29. The van der Waals surface area contributed by atoms with Gasteiger partial charge in [-0.2, -0.15) is 0 Å². The molecule has 0 bridgehead atoms. The maximum absolute atomic E-state index is 6.00. The summed E-state index contributed by atoms with van der Waals surface area (Å²) in [5, 5.41) is 0.799. The van der Waals surface area contributed by atoms with Crippen LogP contribution in [-0.4, -0.2) is 30.6 Å². The molecule has 0 aromatic heterocycles. The third kappa shape index (κ3) is 3.25. The molecule has 18 heavy (non-hydrogen) atoms. The molecule has 2 N–H and O–H groups in total. The zero-order valence-electron chi connectivity index (χ0n) is 11.1. The Bertz CT molecular complexity index is 357. The lowest BCUT2D eigenvalue weighted by Crippen LogP contribution is -2.46. The van der Waals surface area contributed by atoms with E-state index in [2.05, 4.69) is 24.0 Å². The molecule has 1 aliphatic heterocycles. The molecule has 2 atom stereocenters. The van der Waals surface area contributed by atoms with E-state index in [-0.39, 0.29) is 0 Å². The molecule has 1 aliphatic rings. The van der Waals surface area contributed by atoms with E-state index in [1.807, 2.05) is 12.1 Å². The molecular formula is C15H23ClN2. The van der Waals surface area contributed by atoms with Gasteiger partial charge in [0.1, 0.15) is 0 Å². The minimum Gasteiger partial charge on any atom is -0.329 e. The number of hydrogen-bond acceptors (Lipinski definition) is 2. The smallest absolute Gasteiger partial charge is 0.0406 e. The Morgan fingerprint density at radius 3 is 2.33 bits per heavy atom. The van der Waals surface area contributed by atoms with E-state index in [0.717, 1.165) is 11.6 Å². The topological polar surface area (TPSA) is 29.3 Å². The van der Waals surface area contributed by atoms with Crippen molar-refractivity contribution >= 4 is 11.6 Å². The monoisotopic (exact) mass is 266 g/mol. The van der Waals surface area contributed by atoms with Gasteiger partial charge in [-0.05, 0) is 49.5 Å². The maximum Gasteiger partial charge on any atom is 0.0406 e. The second-order valence-electron chi connectivity index (χ2n) is 5.24. The van der Waals surface area contributed by atoms with Crippen molar-refractivity contribution in [3.05, 3.63) is 34.9 Å². The van der Waals surface area contributed by atoms with Crippen LogP contribution in [0.25, 0.3) is 0 Å². The highest BCUT2D eigenvalue weighted by Gasteiger charge is 2.25. The fraction of sp³-hybridized carbons (Fsp3) is 0.600. The van der Waals surface area contributed by atoms with Crippen molar-refractivity contribution in [1.29, 1.82) is 0 Å².